The molecule has 2 saturated carbocycles. The zero-order chi connectivity index (χ0) is 13.4. The predicted octanol–water partition coefficient (Wildman–Crippen LogP) is 3.16. The number of aromatic nitrogens is 2. The average molecular weight is 260 g/mol. The van der Waals surface area contributed by atoms with E-state index in [-0.39, 0.29) is 0 Å². The van der Waals surface area contributed by atoms with Crippen molar-refractivity contribution in [2.75, 3.05) is 23.7 Å². The van der Waals surface area contributed by atoms with Crippen molar-refractivity contribution in [3.63, 3.8) is 0 Å². The van der Waals surface area contributed by atoms with Gasteiger partial charge in [-0.15, -0.1) is 0 Å². The first-order chi connectivity index (χ1) is 9.19. The molecular weight excluding hydrogens is 236 g/mol. The summed E-state index contributed by atoms with van der Waals surface area (Å²) in [6.07, 6.45) is 3.84. The van der Waals surface area contributed by atoms with E-state index in [1.165, 1.54) is 19.3 Å². The normalized spacial score (nSPS) is 25.2. The van der Waals surface area contributed by atoms with Gasteiger partial charge in [-0.05, 0) is 44.9 Å². The Hall–Kier alpha value is -1.32. The van der Waals surface area contributed by atoms with E-state index in [1.807, 2.05) is 0 Å². The minimum Gasteiger partial charge on any atom is -0.370 e. The second-order valence-electron chi connectivity index (χ2n) is 6.06. The standard InChI is InChI=1S/C15H24N4/c1-4-16-13-10(3)14(17-8-12-7-9(12)2)19-15(18-13)11-5-6-11/h9,11-12H,4-8H2,1-3H3,(H2,16,17,18,19). The van der Waals surface area contributed by atoms with Gasteiger partial charge in [0.15, 0.2) is 0 Å². The Morgan fingerprint density at radius 1 is 1.16 bits per heavy atom. The molecule has 2 aliphatic rings. The first kappa shape index (κ1) is 12.7. The quantitative estimate of drug-likeness (QED) is 0.825. The highest BCUT2D eigenvalue weighted by atomic mass is 15.1. The summed E-state index contributed by atoms with van der Waals surface area (Å²) in [6, 6.07) is 0. The molecule has 19 heavy (non-hydrogen) atoms. The molecule has 4 nitrogen and oxygen atoms in total. The summed E-state index contributed by atoms with van der Waals surface area (Å²) >= 11 is 0. The smallest absolute Gasteiger partial charge is 0.136 e. The summed E-state index contributed by atoms with van der Waals surface area (Å²) in [5.41, 5.74) is 1.15. The van der Waals surface area contributed by atoms with E-state index in [2.05, 4.69) is 36.4 Å². The first-order valence-corrected chi connectivity index (χ1v) is 7.55. The lowest BCUT2D eigenvalue weighted by Gasteiger charge is -2.14. The average Bonchev–Trinajstić information content (AvgIpc) is 3.27. The minimum atomic E-state index is 0.596. The fourth-order valence-electron chi connectivity index (χ4n) is 2.48. The van der Waals surface area contributed by atoms with Crippen LogP contribution in [-0.4, -0.2) is 23.1 Å². The fourth-order valence-corrected chi connectivity index (χ4v) is 2.48. The Morgan fingerprint density at radius 3 is 2.32 bits per heavy atom. The van der Waals surface area contributed by atoms with Gasteiger partial charge in [-0.3, -0.25) is 0 Å². The maximum absolute atomic E-state index is 4.74. The molecule has 2 unspecified atom stereocenters. The maximum Gasteiger partial charge on any atom is 0.136 e. The summed E-state index contributed by atoms with van der Waals surface area (Å²) in [5, 5.41) is 6.90. The summed E-state index contributed by atoms with van der Waals surface area (Å²) in [4.78, 5) is 9.42. The molecule has 1 heterocycles. The third kappa shape index (κ3) is 2.82. The van der Waals surface area contributed by atoms with Crippen LogP contribution < -0.4 is 10.6 Å². The van der Waals surface area contributed by atoms with Crippen molar-refractivity contribution in [2.45, 2.75) is 46.0 Å². The molecule has 1 aromatic rings. The number of nitrogens with zero attached hydrogens (tertiary/aromatic N) is 2. The van der Waals surface area contributed by atoms with Gasteiger partial charge in [0.2, 0.25) is 0 Å². The minimum absolute atomic E-state index is 0.596. The van der Waals surface area contributed by atoms with E-state index >= 15 is 0 Å². The largest absolute Gasteiger partial charge is 0.370 e. The molecule has 0 bridgehead atoms. The molecule has 0 aromatic carbocycles. The third-order valence-corrected chi connectivity index (χ3v) is 4.26. The van der Waals surface area contributed by atoms with Crippen molar-refractivity contribution in [1.82, 2.24) is 9.97 Å². The van der Waals surface area contributed by atoms with Gasteiger partial charge in [-0.25, -0.2) is 9.97 Å². The molecule has 0 amide bonds. The highest BCUT2D eigenvalue weighted by Gasteiger charge is 2.32. The van der Waals surface area contributed by atoms with Crippen molar-refractivity contribution >= 4 is 11.6 Å². The lowest BCUT2D eigenvalue weighted by molar-refractivity contribution is 0.780. The molecule has 1 aromatic heterocycles. The molecule has 0 radical (unpaired) electrons. The summed E-state index contributed by atoms with van der Waals surface area (Å²) < 4.78 is 0. The van der Waals surface area contributed by atoms with Crippen LogP contribution in [0.3, 0.4) is 0 Å². The number of hydrogen-bond donors (Lipinski definition) is 2. The Labute approximate surface area is 115 Å². The Kier molecular flexibility index (Phi) is 3.33. The van der Waals surface area contributed by atoms with Gasteiger partial charge in [0, 0.05) is 24.6 Å². The van der Waals surface area contributed by atoms with E-state index in [9.17, 15) is 0 Å². The van der Waals surface area contributed by atoms with Crippen molar-refractivity contribution in [2.24, 2.45) is 11.8 Å². The Bertz CT molecular complexity index is 467. The predicted molar refractivity (Wildman–Crippen MR) is 78.7 cm³/mol. The molecule has 3 rings (SSSR count). The van der Waals surface area contributed by atoms with Crippen LogP contribution in [0.5, 0.6) is 0 Å². The van der Waals surface area contributed by atoms with Crippen molar-refractivity contribution in [1.29, 1.82) is 0 Å². The van der Waals surface area contributed by atoms with E-state index in [0.717, 1.165) is 47.9 Å². The monoisotopic (exact) mass is 260 g/mol. The molecule has 0 saturated heterocycles. The van der Waals surface area contributed by atoms with Crippen LogP contribution in [0.4, 0.5) is 11.6 Å². The van der Waals surface area contributed by atoms with Gasteiger partial charge in [-0.1, -0.05) is 6.92 Å². The Morgan fingerprint density at radius 2 is 1.79 bits per heavy atom. The second kappa shape index (κ2) is 4.99. The van der Waals surface area contributed by atoms with Gasteiger partial charge in [0.05, 0.1) is 0 Å². The maximum atomic E-state index is 4.74. The van der Waals surface area contributed by atoms with E-state index in [1.54, 1.807) is 0 Å². The number of hydrogen-bond acceptors (Lipinski definition) is 4. The van der Waals surface area contributed by atoms with E-state index in [0.29, 0.717) is 5.92 Å². The van der Waals surface area contributed by atoms with Crippen LogP contribution in [0.25, 0.3) is 0 Å². The van der Waals surface area contributed by atoms with E-state index < -0.39 is 0 Å². The van der Waals surface area contributed by atoms with Crippen LogP contribution >= 0.6 is 0 Å². The molecule has 2 fully saturated rings. The number of nitrogens with one attached hydrogen (secondary N) is 2. The van der Waals surface area contributed by atoms with Gasteiger partial charge in [0.25, 0.3) is 0 Å². The van der Waals surface area contributed by atoms with Crippen molar-refractivity contribution < 1.29 is 0 Å². The summed E-state index contributed by atoms with van der Waals surface area (Å²) in [6.45, 7) is 8.49. The Balaban J connectivity index is 1.78. The van der Waals surface area contributed by atoms with Crippen LogP contribution in [-0.2, 0) is 0 Å². The van der Waals surface area contributed by atoms with Crippen molar-refractivity contribution in [3.05, 3.63) is 11.4 Å². The second-order valence-corrected chi connectivity index (χ2v) is 6.06. The van der Waals surface area contributed by atoms with Gasteiger partial charge in [-0.2, -0.15) is 0 Å². The number of rotatable bonds is 6. The van der Waals surface area contributed by atoms with Gasteiger partial charge in [0.1, 0.15) is 17.5 Å². The zero-order valence-corrected chi connectivity index (χ0v) is 12.2. The van der Waals surface area contributed by atoms with Crippen LogP contribution in [0, 0.1) is 18.8 Å². The van der Waals surface area contributed by atoms with E-state index in [4.69, 9.17) is 4.98 Å². The molecule has 0 spiro atoms. The molecule has 104 valence electrons. The molecule has 2 N–H and O–H groups in total. The molecule has 4 heteroatoms. The third-order valence-electron chi connectivity index (χ3n) is 4.26. The molecule has 2 atom stereocenters. The number of anilines is 2. The lowest BCUT2D eigenvalue weighted by Crippen LogP contribution is -2.12. The lowest BCUT2D eigenvalue weighted by atomic mass is 10.2. The first-order valence-electron chi connectivity index (χ1n) is 7.55. The topological polar surface area (TPSA) is 49.8 Å². The van der Waals surface area contributed by atoms with Crippen LogP contribution in [0.1, 0.15) is 50.4 Å². The summed E-state index contributed by atoms with van der Waals surface area (Å²) in [7, 11) is 0. The van der Waals surface area contributed by atoms with Crippen molar-refractivity contribution in [3.8, 4) is 0 Å². The molecular formula is C15H24N4. The molecule has 2 aliphatic carbocycles. The van der Waals surface area contributed by atoms with Gasteiger partial charge < -0.3 is 10.6 Å². The van der Waals surface area contributed by atoms with Gasteiger partial charge >= 0.3 is 0 Å². The highest BCUT2D eigenvalue weighted by molar-refractivity contribution is 5.57. The molecule has 0 aliphatic heterocycles. The summed E-state index contributed by atoms with van der Waals surface area (Å²) in [5.74, 6) is 5.37. The highest BCUT2D eigenvalue weighted by Crippen LogP contribution is 2.40. The van der Waals surface area contributed by atoms with Crippen LogP contribution in [0.2, 0.25) is 0 Å². The fraction of sp³-hybridized carbons (Fsp3) is 0.733. The SMILES string of the molecule is CCNc1nc(C2CC2)nc(NCC2CC2C)c1C. The van der Waals surface area contributed by atoms with Crippen LogP contribution in [0.15, 0.2) is 0 Å². The zero-order valence-electron chi connectivity index (χ0n) is 12.2.